The second-order valence-electron chi connectivity index (χ2n) is 9.21. The fourth-order valence-electron chi connectivity index (χ4n) is 7.29. The van der Waals surface area contributed by atoms with Gasteiger partial charge in [0.05, 0.1) is 6.07 Å². The molecule has 4 rings (SSSR count). The third-order valence-electron chi connectivity index (χ3n) is 8.36. The molecule has 0 N–H and O–H groups in total. The summed E-state index contributed by atoms with van der Waals surface area (Å²) < 4.78 is 0. The molecule has 0 aliphatic heterocycles. The van der Waals surface area contributed by atoms with Crippen LogP contribution in [0.4, 0.5) is 0 Å². The van der Waals surface area contributed by atoms with Crippen molar-refractivity contribution >= 4 is 0 Å². The Bertz CT molecular complexity index is 436. The van der Waals surface area contributed by atoms with E-state index in [4.69, 9.17) is 5.26 Å². The van der Waals surface area contributed by atoms with Crippen molar-refractivity contribution in [2.75, 3.05) is 0 Å². The van der Waals surface area contributed by atoms with Crippen LogP contribution in [-0.4, -0.2) is 0 Å². The van der Waals surface area contributed by atoms with E-state index >= 15 is 0 Å². The molecule has 0 aromatic carbocycles. The molecule has 24 heavy (non-hydrogen) atoms. The topological polar surface area (TPSA) is 23.8 Å². The highest BCUT2D eigenvalue weighted by Crippen LogP contribution is 2.66. The zero-order valence-electron chi connectivity index (χ0n) is 17.0. The van der Waals surface area contributed by atoms with Crippen molar-refractivity contribution in [3.05, 3.63) is 0 Å². The van der Waals surface area contributed by atoms with Crippen molar-refractivity contribution < 1.29 is 0 Å². The lowest BCUT2D eigenvalue weighted by Crippen LogP contribution is -2.51. The van der Waals surface area contributed by atoms with Gasteiger partial charge in [-0.15, -0.1) is 0 Å². The lowest BCUT2D eigenvalue weighted by molar-refractivity contribution is -0.103. The molecule has 1 heteroatoms. The Balaban J connectivity index is 0.000000378. The summed E-state index contributed by atoms with van der Waals surface area (Å²) in [5.41, 5.74) is 1.49. The molecule has 0 radical (unpaired) electrons. The van der Waals surface area contributed by atoms with Crippen molar-refractivity contribution in [3.63, 3.8) is 0 Å². The quantitative estimate of drug-likeness (QED) is 0.454. The normalized spacial score (nSPS) is 45.8. The zero-order valence-corrected chi connectivity index (χ0v) is 17.0. The van der Waals surface area contributed by atoms with Crippen LogP contribution in [0.3, 0.4) is 0 Å². The number of nitrogens with zero attached hydrogens (tertiary/aromatic N) is 1. The van der Waals surface area contributed by atoms with Crippen LogP contribution in [-0.2, 0) is 0 Å². The van der Waals surface area contributed by atoms with E-state index in [1.807, 2.05) is 13.8 Å². The zero-order chi connectivity index (χ0) is 17.8. The number of nitriles is 1. The summed E-state index contributed by atoms with van der Waals surface area (Å²) in [6, 6.07) is 1.75. The van der Waals surface area contributed by atoms with Gasteiger partial charge >= 0.3 is 0 Å². The molecule has 0 heterocycles. The second-order valence-corrected chi connectivity index (χ2v) is 9.21. The number of hydrogen-bond acceptors (Lipinski definition) is 1. The van der Waals surface area contributed by atoms with E-state index in [0.717, 1.165) is 34.5 Å². The Morgan fingerprint density at radius 3 is 2.21 bits per heavy atom. The molecule has 138 valence electrons. The van der Waals surface area contributed by atoms with Gasteiger partial charge in [-0.3, -0.25) is 0 Å². The molecule has 4 aliphatic carbocycles. The molecular formula is C23H41N. The predicted molar refractivity (Wildman–Crippen MR) is 104 cm³/mol. The molecule has 0 amide bonds. The van der Waals surface area contributed by atoms with Crippen LogP contribution < -0.4 is 0 Å². The van der Waals surface area contributed by atoms with E-state index < -0.39 is 0 Å². The third kappa shape index (κ3) is 3.40. The minimum absolute atomic E-state index is 0.741. The van der Waals surface area contributed by atoms with Crippen LogP contribution in [0.15, 0.2) is 0 Å². The predicted octanol–water partition coefficient (Wildman–Crippen LogP) is 7.37. The van der Waals surface area contributed by atoms with Gasteiger partial charge in [-0.1, -0.05) is 47.0 Å². The molecule has 1 nitrogen and oxygen atoms in total. The fraction of sp³-hybridized carbons (Fsp3) is 0.957. The van der Waals surface area contributed by atoms with Gasteiger partial charge in [-0.05, 0) is 85.9 Å². The van der Waals surface area contributed by atoms with E-state index in [-0.39, 0.29) is 0 Å². The number of rotatable bonds is 0. The average Bonchev–Trinajstić information content (AvgIpc) is 2.99. The molecule has 6 atom stereocenters. The minimum atomic E-state index is 0.741. The molecule has 6 unspecified atom stereocenters. The molecule has 4 saturated carbocycles. The summed E-state index contributed by atoms with van der Waals surface area (Å²) in [4.78, 5) is 0. The lowest BCUT2D eigenvalue weighted by atomic mass is 9.45. The van der Waals surface area contributed by atoms with Crippen LogP contribution in [0.5, 0.6) is 0 Å². The molecule has 0 bridgehead atoms. The van der Waals surface area contributed by atoms with Crippen molar-refractivity contribution in [1.29, 1.82) is 5.26 Å². The first-order chi connectivity index (χ1) is 11.5. The van der Waals surface area contributed by atoms with Crippen LogP contribution in [0.2, 0.25) is 0 Å². The summed E-state index contributed by atoms with van der Waals surface area (Å²) >= 11 is 0. The molecule has 0 aromatic heterocycles. The lowest BCUT2D eigenvalue weighted by Gasteiger charge is -2.60. The Labute approximate surface area is 151 Å². The fourth-order valence-corrected chi connectivity index (χ4v) is 7.29. The van der Waals surface area contributed by atoms with Crippen molar-refractivity contribution in [3.8, 4) is 6.07 Å². The van der Waals surface area contributed by atoms with E-state index in [1.54, 1.807) is 57.4 Å². The van der Waals surface area contributed by atoms with Crippen LogP contribution in [0.25, 0.3) is 0 Å². The first kappa shape index (κ1) is 19.8. The van der Waals surface area contributed by atoms with Crippen LogP contribution in [0, 0.1) is 45.8 Å². The van der Waals surface area contributed by atoms with Crippen molar-refractivity contribution in [2.45, 2.75) is 105 Å². The maximum absolute atomic E-state index is 7.32. The Morgan fingerprint density at radius 2 is 1.50 bits per heavy atom. The molecule has 0 aromatic rings. The number of fused-ring (bicyclic) bond motifs is 5. The minimum Gasteiger partial charge on any atom is -0.199 e. The van der Waals surface area contributed by atoms with Gasteiger partial charge in [0.1, 0.15) is 0 Å². The van der Waals surface area contributed by atoms with Crippen LogP contribution in [0.1, 0.15) is 105 Å². The monoisotopic (exact) mass is 331 g/mol. The van der Waals surface area contributed by atoms with Gasteiger partial charge in [0.2, 0.25) is 0 Å². The summed E-state index contributed by atoms with van der Waals surface area (Å²) in [6.45, 7) is 10.8. The van der Waals surface area contributed by atoms with E-state index in [9.17, 15) is 0 Å². The first-order valence-electron chi connectivity index (χ1n) is 10.9. The summed E-state index contributed by atoms with van der Waals surface area (Å²) in [5, 5.41) is 7.32. The maximum Gasteiger partial charge on any atom is 0.0587 e. The first-order valence-corrected chi connectivity index (χ1v) is 10.9. The Morgan fingerprint density at radius 1 is 0.792 bits per heavy atom. The number of hydrogen-bond donors (Lipinski definition) is 0. The molecule has 4 aliphatic rings. The van der Waals surface area contributed by atoms with E-state index in [1.165, 1.54) is 26.2 Å². The van der Waals surface area contributed by atoms with E-state index in [0.29, 0.717) is 0 Å². The second kappa shape index (κ2) is 8.25. The van der Waals surface area contributed by atoms with Gasteiger partial charge in [0.25, 0.3) is 0 Å². The molecular weight excluding hydrogens is 290 g/mol. The summed E-state index contributed by atoms with van der Waals surface area (Å²) in [6.07, 6.45) is 17.1. The Kier molecular flexibility index (Phi) is 6.81. The van der Waals surface area contributed by atoms with Gasteiger partial charge in [-0.2, -0.15) is 5.26 Å². The highest BCUT2D eigenvalue weighted by Gasteiger charge is 2.56. The van der Waals surface area contributed by atoms with Gasteiger partial charge in [-0.25, -0.2) is 0 Å². The van der Waals surface area contributed by atoms with Gasteiger partial charge in [0.15, 0.2) is 0 Å². The van der Waals surface area contributed by atoms with Crippen molar-refractivity contribution in [2.24, 2.45) is 34.5 Å². The highest BCUT2D eigenvalue weighted by atomic mass is 14.6. The standard InChI is InChI=1S/C19H32.C2H3N.C2H6/c1-18-11-5-7-16(18)15-9-8-14-6-3-4-12-19(14,2)17(15)10-13-18;1-2-3;1-2/h14-17H,3-13H2,1-2H3;1H3;1-2H3. The third-order valence-corrected chi connectivity index (χ3v) is 8.36. The summed E-state index contributed by atoms with van der Waals surface area (Å²) in [5.74, 6) is 4.41. The summed E-state index contributed by atoms with van der Waals surface area (Å²) in [7, 11) is 0. The molecule has 0 saturated heterocycles. The smallest absolute Gasteiger partial charge is 0.0587 e. The van der Waals surface area contributed by atoms with Gasteiger partial charge < -0.3 is 0 Å². The Hall–Kier alpha value is -0.510. The largest absolute Gasteiger partial charge is 0.199 e. The molecule has 0 spiro atoms. The van der Waals surface area contributed by atoms with Gasteiger partial charge in [0, 0.05) is 6.92 Å². The average molecular weight is 332 g/mol. The van der Waals surface area contributed by atoms with Crippen LogP contribution >= 0.6 is 0 Å². The maximum atomic E-state index is 7.32. The van der Waals surface area contributed by atoms with Crippen molar-refractivity contribution in [1.82, 2.24) is 0 Å². The highest BCUT2D eigenvalue weighted by molar-refractivity contribution is 5.06. The molecule has 4 fully saturated rings. The SMILES string of the molecule is CC.CC#N.CC12CCCC1C1CCC3CCCCC3(C)C1CC2. The van der Waals surface area contributed by atoms with E-state index in [2.05, 4.69) is 13.8 Å².